The van der Waals surface area contributed by atoms with E-state index in [4.69, 9.17) is 10.5 Å². The Morgan fingerprint density at radius 3 is 2.71 bits per heavy atom. The maximum absolute atomic E-state index is 10.8. The van der Waals surface area contributed by atoms with E-state index in [2.05, 4.69) is 9.97 Å². The summed E-state index contributed by atoms with van der Waals surface area (Å²) < 4.78 is 5.56. The monoisotopic (exact) mass is 238 g/mol. The fourth-order valence-corrected chi connectivity index (χ4v) is 1.97. The number of nitro groups is 1. The van der Waals surface area contributed by atoms with Crippen molar-refractivity contribution in [2.24, 2.45) is 0 Å². The van der Waals surface area contributed by atoms with Crippen LogP contribution in [0.15, 0.2) is 6.33 Å². The minimum atomic E-state index is -0.604. The van der Waals surface area contributed by atoms with Crippen molar-refractivity contribution in [2.75, 3.05) is 5.73 Å². The summed E-state index contributed by atoms with van der Waals surface area (Å²) in [7, 11) is 0. The summed E-state index contributed by atoms with van der Waals surface area (Å²) in [5, 5.41) is 10.8. The van der Waals surface area contributed by atoms with Crippen molar-refractivity contribution < 1.29 is 9.66 Å². The first kappa shape index (κ1) is 11.6. The molecule has 1 fully saturated rings. The van der Waals surface area contributed by atoms with Crippen LogP contribution >= 0.6 is 0 Å². The van der Waals surface area contributed by atoms with Crippen molar-refractivity contribution in [3.8, 4) is 5.88 Å². The molecular weight excluding hydrogens is 224 g/mol. The molecule has 0 atom stereocenters. The molecule has 2 N–H and O–H groups in total. The van der Waals surface area contributed by atoms with Crippen LogP contribution in [-0.2, 0) is 0 Å². The minimum absolute atomic E-state index is 0.00301. The Hall–Kier alpha value is -1.92. The summed E-state index contributed by atoms with van der Waals surface area (Å²) in [6.07, 6.45) is 6.34. The van der Waals surface area contributed by atoms with E-state index in [9.17, 15) is 10.1 Å². The Kier molecular flexibility index (Phi) is 3.36. The summed E-state index contributed by atoms with van der Waals surface area (Å²) >= 11 is 0. The SMILES string of the molecule is Nc1ncnc(OC2CCCCC2)c1[N+](=O)[O-]. The third-order valence-electron chi connectivity index (χ3n) is 2.83. The Bertz CT molecular complexity index is 418. The van der Waals surface area contributed by atoms with Gasteiger partial charge in [-0.05, 0) is 25.7 Å². The predicted octanol–water partition coefficient (Wildman–Crippen LogP) is 1.68. The fraction of sp³-hybridized carbons (Fsp3) is 0.600. The molecule has 0 saturated heterocycles. The van der Waals surface area contributed by atoms with Gasteiger partial charge in [-0.2, -0.15) is 4.98 Å². The van der Waals surface area contributed by atoms with E-state index in [1.807, 2.05) is 0 Å². The molecule has 1 aromatic heterocycles. The van der Waals surface area contributed by atoms with Gasteiger partial charge in [0.15, 0.2) is 0 Å². The van der Waals surface area contributed by atoms with Crippen LogP contribution in [0.5, 0.6) is 5.88 Å². The van der Waals surface area contributed by atoms with E-state index in [1.165, 1.54) is 12.7 Å². The lowest BCUT2D eigenvalue weighted by atomic mass is 9.98. The highest BCUT2D eigenvalue weighted by atomic mass is 16.6. The molecule has 0 spiro atoms. The molecule has 2 rings (SSSR count). The first-order chi connectivity index (χ1) is 8.18. The van der Waals surface area contributed by atoms with Crippen LogP contribution in [-0.4, -0.2) is 21.0 Å². The van der Waals surface area contributed by atoms with E-state index in [-0.39, 0.29) is 23.5 Å². The molecular formula is C10H14N4O3. The number of aromatic nitrogens is 2. The number of rotatable bonds is 3. The quantitative estimate of drug-likeness (QED) is 0.634. The molecule has 0 unspecified atom stereocenters. The highest BCUT2D eigenvalue weighted by molar-refractivity contribution is 5.57. The van der Waals surface area contributed by atoms with Crippen LogP contribution in [0, 0.1) is 10.1 Å². The number of ether oxygens (including phenoxy) is 1. The molecule has 7 nitrogen and oxygen atoms in total. The summed E-state index contributed by atoms with van der Waals surface area (Å²) in [6.45, 7) is 0. The average molecular weight is 238 g/mol. The molecule has 0 aliphatic heterocycles. The second kappa shape index (κ2) is 4.94. The van der Waals surface area contributed by atoms with Gasteiger partial charge in [0.05, 0.1) is 4.92 Å². The van der Waals surface area contributed by atoms with Gasteiger partial charge in [-0.1, -0.05) is 6.42 Å². The third kappa shape index (κ3) is 2.61. The molecule has 0 amide bonds. The Labute approximate surface area is 98.2 Å². The first-order valence-corrected chi connectivity index (χ1v) is 5.60. The van der Waals surface area contributed by atoms with E-state index >= 15 is 0 Å². The Balaban J connectivity index is 2.19. The molecule has 1 aliphatic carbocycles. The molecule has 17 heavy (non-hydrogen) atoms. The standard InChI is InChI=1S/C10H14N4O3/c11-9-8(14(15)16)10(13-6-12-9)17-7-4-2-1-3-5-7/h6-7H,1-5H2,(H2,11,12,13). The lowest BCUT2D eigenvalue weighted by Crippen LogP contribution is -2.21. The number of hydrogen-bond acceptors (Lipinski definition) is 6. The number of anilines is 1. The van der Waals surface area contributed by atoms with Crippen molar-refractivity contribution >= 4 is 11.5 Å². The molecule has 1 saturated carbocycles. The second-order valence-electron chi connectivity index (χ2n) is 4.05. The molecule has 1 aromatic rings. The van der Waals surface area contributed by atoms with Crippen LogP contribution < -0.4 is 10.5 Å². The lowest BCUT2D eigenvalue weighted by molar-refractivity contribution is -0.385. The number of nitrogens with two attached hydrogens (primary N) is 1. The van der Waals surface area contributed by atoms with Gasteiger partial charge in [0.1, 0.15) is 12.4 Å². The molecule has 1 heterocycles. The van der Waals surface area contributed by atoms with E-state index in [0.717, 1.165) is 25.7 Å². The first-order valence-electron chi connectivity index (χ1n) is 5.60. The van der Waals surface area contributed by atoms with E-state index in [0.29, 0.717) is 0 Å². The predicted molar refractivity (Wildman–Crippen MR) is 60.6 cm³/mol. The van der Waals surface area contributed by atoms with Crippen molar-refractivity contribution in [2.45, 2.75) is 38.2 Å². The molecule has 1 aliphatic rings. The lowest BCUT2D eigenvalue weighted by Gasteiger charge is -2.21. The molecule has 0 radical (unpaired) electrons. The van der Waals surface area contributed by atoms with Crippen molar-refractivity contribution in [1.82, 2.24) is 9.97 Å². The number of nitrogen functional groups attached to an aromatic ring is 1. The zero-order valence-corrected chi connectivity index (χ0v) is 9.33. The van der Waals surface area contributed by atoms with Crippen LogP contribution in [0.3, 0.4) is 0 Å². The van der Waals surface area contributed by atoms with E-state index < -0.39 is 4.92 Å². The zero-order valence-electron chi connectivity index (χ0n) is 9.33. The number of nitrogens with zero attached hydrogens (tertiary/aromatic N) is 3. The van der Waals surface area contributed by atoms with Gasteiger partial charge < -0.3 is 10.5 Å². The largest absolute Gasteiger partial charge is 0.469 e. The normalized spacial score (nSPS) is 16.7. The maximum Gasteiger partial charge on any atom is 0.372 e. The van der Waals surface area contributed by atoms with Crippen LogP contribution in [0.1, 0.15) is 32.1 Å². The zero-order chi connectivity index (χ0) is 12.3. The molecule has 92 valence electrons. The Morgan fingerprint density at radius 2 is 2.06 bits per heavy atom. The average Bonchev–Trinajstić information content (AvgIpc) is 2.30. The third-order valence-corrected chi connectivity index (χ3v) is 2.83. The highest BCUT2D eigenvalue weighted by Crippen LogP contribution is 2.31. The second-order valence-corrected chi connectivity index (χ2v) is 4.05. The molecule has 0 bridgehead atoms. The summed E-state index contributed by atoms with van der Waals surface area (Å²) in [6, 6.07) is 0. The fourth-order valence-electron chi connectivity index (χ4n) is 1.97. The van der Waals surface area contributed by atoms with Gasteiger partial charge in [-0.15, -0.1) is 0 Å². The van der Waals surface area contributed by atoms with Crippen LogP contribution in [0.4, 0.5) is 11.5 Å². The van der Waals surface area contributed by atoms with Gasteiger partial charge in [-0.3, -0.25) is 10.1 Å². The van der Waals surface area contributed by atoms with Crippen LogP contribution in [0.25, 0.3) is 0 Å². The smallest absolute Gasteiger partial charge is 0.372 e. The van der Waals surface area contributed by atoms with Crippen molar-refractivity contribution in [3.63, 3.8) is 0 Å². The summed E-state index contributed by atoms with van der Waals surface area (Å²) in [5.41, 5.74) is 5.12. The Morgan fingerprint density at radius 1 is 1.35 bits per heavy atom. The minimum Gasteiger partial charge on any atom is -0.469 e. The van der Waals surface area contributed by atoms with Gasteiger partial charge in [-0.25, -0.2) is 4.98 Å². The van der Waals surface area contributed by atoms with Gasteiger partial charge >= 0.3 is 5.69 Å². The molecule has 7 heteroatoms. The topological polar surface area (TPSA) is 104 Å². The molecule has 0 aromatic carbocycles. The van der Waals surface area contributed by atoms with Crippen molar-refractivity contribution in [1.29, 1.82) is 0 Å². The summed E-state index contributed by atoms with van der Waals surface area (Å²) in [4.78, 5) is 17.6. The summed E-state index contributed by atoms with van der Waals surface area (Å²) in [5.74, 6) is -0.176. The van der Waals surface area contributed by atoms with E-state index in [1.54, 1.807) is 0 Å². The van der Waals surface area contributed by atoms with Crippen molar-refractivity contribution in [3.05, 3.63) is 16.4 Å². The van der Waals surface area contributed by atoms with Crippen LogP contribution in [0.2, 0.25) is 0 Å². The van der Waals surface area contributed by atoms with Gasteiger partial charge in [0.2, 0.25) is 5.82 Å². The number of hydrogen-bond donors (Lipinski definition) is 1. The maximum atomic E-state index is 10.8. The highest BCUT2D eigenvalue weighted by Gasteiger charge is 2.25. The van der Waals surface area contributed by atoms with Gasteiger partial charge in [0.25, 0.3) is 5.88 Å². The van der Waals surface area contributed by atoms with Gasteiger partial charge in [0, 0.05) is 0 Å².